The van der Waals surface area contributed by atoms with Crippen LogP contribution in [0.25, 0.3) is 0 Å². The molecule has 1 rings (SSSR count). The van der Waals surface area contributed by atoms with E-state index >= 15 is 0 Å². The highest BCUT2D eigenvalue weighted by atomic mass is 32.1. The van der Waals surface area contributed by atoms with Crippen LogP contribution in [0.3, 0.4) is 0 Å². The zero-order chi connectivity index (χ0) is 16.9. The van der Waals surface area contributed by atoms with Crippen molar-refractivity contribution in [2.75, 3.05) is 6.61 Å². The lowest BCUT2D eigenvalue weighted by Crippen LogP contribution is -2.26. The van der Waals surface area contributed by atoms with Crippen LogP contribution < -0.4 is 0 Å². The quantitative estimate of drug-likeness (QED) is 0.621. The standard InChI is InChI=1S/C16H22O5S/c1-10-12(5-11(6-13(10)22)7-14(17)18)8-20-9-15(19)21-16(2,3)4/h5-6,22H,7-9H2,1-4H3,(H,17,18). The molecule has 0 saturated heterocycles. The molecule has 0 amide bonds. The number of ether oxygens (including phenoxy) is 2. The first kappa shape index (κ1) is 18.5. The summed E-state index contributed by atoms with van der Waals surface area (Å²) in [6.07, 6.45) is -0.0765. The smallest absolute Gasteiger partial charge is 0.332 e. The van der Waals surface area contributed by atoms with Crippen molar-refractivity contribution in [1.29, 1.82) is 0 Å². The van der Waals surface area contributed by atoms with E-state index in [1.807, 2.05) is 6.92 Å². The van der Waals surface area contributed by atoms with Gasteiger partial charge in [0.1, 0.15) is 12.2 Å². The average molecular weight is 326 g/mol. The lowest BCUT2D eigenvalue weighted by atomic mass is 10.0. The fraction of sp³-hybridized carbons (Fsp3) is 0.500. The van der Waals surface area contributed by atoms with Crippen molar-refractivity contribution in [3.8, 4) is 0 Å². The Morgan fingerprint density at radius 1 is 1.27 bits per heavy atom. The number of thiol groups is 1. The van der Waals surface area contributed by atoms with Crippen LogP contribution in [0.15, 0.2) is 17.0 Å². The van der Waals surface area contributed by atoms with E-state index in [1.165, 1.54) is 0 Å². The second kappa shape index (κ2) is 7.65. The highest BCUT2D eigenvalue weighted by molar-refractivity contribution is 7.80. The van der Waals surface area contributed by atoms with Gasteiger partial charge in [0, 0.05) is 4.90 Å². The molecule has 5 nitrogen and oxygen atoms in total. The summed E-state index contributed by atoms with van der Waals surface area (Å²) in [5.41, 5.74) is 1.82. The molecule has 1 N–H and O–H groups in total. The number of esters is 1. The number of hydrogen-bond acceptors (Lipinski definition) is 5. The monoisotopic (exact) mass is 326 g/mol. The van der Waals surface area contributed by atoms with Crippen LogP contribution in [0, 0.1) is 6.92 Å². The van der Waals surface area contributed by atoms with Crippen LogP contribution in [-0.2, 0) is 32.1 Å². The van der Waals surface area contributed by atoms with Crippen molar-refractivity contribution in [2.45, 2.75) is 51.2 Å². The van der Waals surface area contributed by atoms with Gasteiger partial charge in [-0.25, -0.2) is 4.79 Å². The molecule has 22 heavy (non-hydrogen) atoms. The number of aliphatic carboxylic acids is 1. The first-order valence-electron chi connectivity index (χ1n) is 6.91. The maximum absolute atomic E-state index is 11.6. The van der Waals surface area contributed by atoms with Gasteiger partial charge in [0.25, 0.3) is 0 Å². The summed E-state index contributed by atoms with van der Waals surface area (Å²) in [5, 5.41) is 8.86. The lowest BCUT2D eigenvalue weighted by molar-refractivity contribution is -0.160. The van der Waals surface area contributed by atoms with Crippen LogP contribution in [0.5, 0.6) is 0 Å². The predicted molar refractivity (Wildman–Crippen MR) is 85.3 cm³/mol. The molecule has 1 aromatic rings. The third-order valence-corrected chi connectivity index (χ3v) is 3.26. The average Bonchev–Trinajstić information content (AvgIpc) is 2.32. The molecule has 0 unspecified atom stereocenters. The molecule has 0 aliphatic heterocycles. The largest absolute Gasteiger partial charge is 0.481 e. The Balaban J connectivity index is 2.67. The van der Waals surface area contributed by atoms with E-state index < -0.39 is 17.5 Å². The van der Waals surface area contributed by atoms with Crippen molar-refractivity contribution in [2.24, 2.45) is 0 Å². The summed E-state index contributed by atoms with van der Waals surface area (Å²) in [5.74, 6) is -1.34. The van der Waals surface area contributed by atoms with Gasteiger partial charge >= 0.3 is 11.9 Å². The van der Waals surface area contributed by atoms with E-state index in [0.717, 1.165) is 11.1 Å². The summed E-state index contributed by atoms with van der Waals surface area (Å²) in [7, 11) is 0. The van der Waals surface area contributed by atoms with Gasteiger partial charge in [-0.05, 0) is 50.5 Å². The van der Waals surface area contributed by atoms with Gasteiger partial charge in [-0.15, -0.1) is 12.6 Å². The molecule has 0 atom stereocenters. The van der Waals surface area contributed by atoms with Crippen LogP contribution in [0.2, 0.25) is 0 Å². The Hall–Kier alpha value is -1.53. The second-order valence-electron chi connectivity index (χ2n) is 6.05. The van der Waals surface area contributed by atoms with Gasteiger partial charge in [0.2, 0.25) is 0 Å². The summed E-state index contributed by atoms with van der Waals surface area (Å²) in [6.45, 7) is 7.29. The minimum absolute atomic E-state index is 0.0765. The van der Waals surface area contributed by atoms with Gasteiger partial charge in [0.05, 0.1) is 13.0 Å². The highest BCUT2D eigenvalue weighted by Gasteiger charge is 2.16. The fourth-order valence-electron chi connectivity index (χ4n) is 1.86. The maximum atomic E-state index is 11.6. The Labute approximate surface area is 136 Å². The molecule has 0 saturated carbocycles. The minimum Gasteiger partial charge on any atom is -0.481 e. The number of carbonyl (C=O) groups excluding carboxylic acids is 1. The summed E-state index contributed by atoms with van der Waals surface area (Å²) in [4.78, 5) is 23.1. The van der Waals surface area contributed by atoms with Gasteiger partial charge in [-0.1, -0.05) is 6.07 Å². The number of carbonyl (C=O) groups is 2. The zero-order valence-corrected chi connectivity index (χ0v) is 14.2. The number of carboxylic acid groups (broad SMARTS) is 1. The van der Waals surface area contributed by atoms with Gasteiger partial charge in [-0.2, -0.15) is 0 Å². The van der Waals surface area contributed by atoms with E-state index in [4.69, 9.17) is 14.6 Å². The third-order valence-electron chi connectivity index (χ3n) is 2.80. The van der Waals surface area contributed by atoms with Crippen LogP contribution in [0.1, 0.15) is 37.5 Å². The molecular weight excluding hydrogens is 304 g/mol. The number of carboxylic acids is 1. The van der Waals surface area contributed by atoms with Crippen molar-refractivity contribution < 1.29 is 24.2 Å². The molecule has 0 aliphatic rings. The van der Waals surface area contributed by atoms with Gasteiger partial charge in [-0.3, -0.25) is 4.79 Å². The molecule has 0 radical (unpaired) electrons. The number of hydrogen-bond donors (Lipinski definition) is 2. The molecule has 1 aromatic carbocycles. The predicted octanol–water partition coefficient (Wildman–Crippen LogP) is 2.77. The molecule has 0 heterocycles. The second-order valence-corrected chi connectivity index (χ2v) is 6.53. The first-order chi connectivity index (χ1) is 10.1. The molecular formula is C16H22O5S. The summed E-state index contributed by atoms with van der Waals surface area (Å²) >= 11 is 4.34. The van der Waals surface area contributed by atoms with E-state index in [-0.39, 0.29) is 19.6 Å². The summed E-state index contributed by atoms with van der Waals surface area (Å²) in [6, 6.07) is 3.49. The molecule has 0 aromatic heterocycles. The topological polar surface area (TPSA) is 72.8 Å². The van der Waals surface area contributed by atoms with E-state index in [2.05, 4.69) is 12.6 Å². The first-order valence-corrected chi connectivity index (χ1v) is 7.36. The Kier molecular flexibility index (Phi) is 6.44. The van der Waals surface area contributed by atoms with Crippen molar-refractivity contribution in [3.05, 3.63) is 28.8 Å². The van der Waals surface area contributed by atoms with Crippen LogP contribution in [-0.4, -0.2) is 29.3 Å². The van der Waals surface area contributed by atoms with Gasteiger partial charge in [0.15, 0.2) is 0 Å². The molecule has 0 spiro atoms. The normalized spacial score (nSPS) is 11.3. The fourth-order valence-corrected chi connectivity index (χ4v) is 2.17. The number of rotatable bonds is 6. The van der Waals surface area contributed by atoms with Crippen molar-refractivity contribution in [1.82, 2.24) is 0 Å². The Morgan fingerprint density at radius 2 is 1.91 bits per heavy atom. The highest BCUT2D eigenvalue weighted by Crippen LogP contribution is 2.21. The van der Waals surface area contributed by atoms with Gasteiger partial charge < -0.3 is 14.6 Å². The van der Waals surface area contributed by atoms with Crippen molar-refractivity contribution in [3.63, 3.8) is 0 Å². The molecule has 6 heteroatoms. The lowest BCUT2D eigenvalue weighted by Gasteiger charge is -2.19. The molecule has 0 aliphatic carbocycles. The third kappa shape index (κ3) is 6.49. The maximum Gasteiger partial charge on any atom is 0.332 e. The van der Waals surface area contributed by atoms with Crippen molar-refractivity contribution >= 4 is 24.6 Å². The molecule has 0 bridgehead atoms. The Morgan fingerprint density at radius 3 is 2.45 bits per heavy atom. The number of benzene rings is 1. The van der Waals surface area contributed by atoms with E-state index in [9.17, 15) is 9.59 Å². The van der Waals surface area contributed by atoms with E-state index in [0.29, 0.717) is 10.5 Å². The van der Waals surface area contributed by atoms with Crippen LogP contribution >= 0.6 is 12.6 Å². The molecule has 122 valence electrons. The van der Waals surface area contributed by atoms with Crippen LogP contribution in [0.4, 0.5) is 0 Å². The zero-order valence-electron chi connectivity index (χ0n) is 13.3. The summed E-state index contributed by atoms with van der Waals surface area (Å²) < 4.78 is 10.5. The molecule has 0 fully saturated rings. The SMILES string of the molecule is Cc1c(S)cc(CC(=O)O)cc1COCC(=O)OC(C)(C)C. The van der Waals surface area contributed by atoms with E-state index in [1.54, 1.807) is 32.9 Å². The minimum atomic E-state index is -0.905. The Bertz CT molecular complexity index is 560.